The number of rotatable bonds is 7. The first kappa shape index (κ1) is 19.0. The van der Waals surface area contributed by atoms with Crippen LogP contribution in [0.15, 0.2) is 24.3 Å². The van der Waals surface area contributed by atoms with Gasteiger partial charge < -0.3 is 9.64 Å². The Morgan fingerprint density at radius 3 is 2.38 bits per heavy atom. The zero-order valence-electron chi connectivity index (χ0n) is 13.8. The van der Waals surface area contributed by atoms with Crippen LogP contribution in [0.1, 0.15) is 19.8 Å². The third kappa shape index (κ3) is 5.36. The maximum absolute atomic E-state index is 12.2. The molecule has 134 valence electrons. The average molecular weight is 375 g/mol. The third-order valence-electron chi connectivity index (χ3n) is 3.92. The molecule has 0 unspecified atom stereocenters. The van der Waals surface area contributed by atoms with Crippen LogP contribution in [0.2, 0.25) is 5.02 Å². The van der Waals surface area contributed by atoms with Crippen molar-refractivity contribution in [3.05, 3.63) is 29.3 Å². The lowest BCUT2D eigenvalue weighted by Crippen LogP contribution is -2.52. The number of hydrogen-bond donors (Lipinski definition) is 0. The van der Waals surface area contributed by atoms with E-state index in [-0.39, 0.29) is 18.3 Å². The Morgan fingerprint density at radius 2 is 1.79 bits per heavy atom. The fraction of sp³-hybridized carbons (Fsp3) is 0.562. The molecule has 1 aliphatic rings. The van der Waals surface area contributed by atoms with Gasteiger partial charge in [0.05, 0.1) is 5.75 Å². The monoisotopic (exact) mass is 374 g/mol. The van der Waals surface area contributed by atoms with Crippen molar-refractivity contribution in [1.82, 2.24) is 9.21 Å². The Labute approximate surface area is 148 Å². The minimum Gasteiger partial charge on any atom is -0.484 e. The molecule has 0 bridgehead atoms. The summed E-state index contributed by atoms with van der Waals surface area (Å²) < 4.78 is 31.2. The lowest BCUT2D eigenvalue weighted by molar-refractivity contribution is -0.134. The van der Waals surface area contributed by atoms with Crippen molar-refractivity contribution in [3.8, 4) is 5.75 Å². The molecule has 0 spiro atoms. The number of carbonyl (C=O) groups is 1. The van der Waals surface area contributed by atoms with E-state index >= 15 is 0 Å². The molecular weight excluding hydrogens is 352 g/mol. The number of benzene rings is 1. The van der Waals surface area contributed by atoms with Gasteiger partial charge in [0.1, 0.15) is 5.75 Å². The first-order valence-electron chi connectivity index (χ1n) is 8.06. The molecule has 0 radical (unpaired) electrons. The smallest absolute Gasteiger partial charge is 0.260 e. The lowest BCUT2D eigenvalue weighted by Gasteiger charge is -2.34. The van der Waals surface area contributed by atoms with Gasteiger partial charge in [0.15, 0.2) is 6.61 Å². The van der Waals surface area contributed by atoms with Crippen LogP contribution in [-0.4, -0.2) is 62.1 Å². The van der Waals surface area contributed by atoms with Gasteiger partial charge in [-0.2, -0.15) is 4.31 Å². The van der Waals surface area contributed by atoms with Gasteiger partial charge >= 0.3 is 0 Å². The highest BCUT2D eigenvalue weighted by Crippen LogP contribution is 2.16. The number of hydrogen-bond acceptors (Lipinski definition) is 4. The quantitative estimate of drug-likeness (QED) is 0.732. The van der Waals surface area contributed by atoms with Crippen LogP contribution in [0.4, 0.5) is 0 Å². The molecule has 0 atom stereocenters. The molecule has 0 aromatic heterocycles. The minimum atomic E-state index is -3.20. The summed E-state index contributed by atoms with van der Waals surface area (Å²) in [7, 11) is -3.20. The molecule has 1 heterocycles. The maximum atomic E-state index is 12.2. The summed E-state index contributed by atoms with van der Waals surface area (Å²) >= 11 is 5.79. The highest BCUT2D eigenvalue weighted by molar-refractivity contribution is 7.89. The second kappa shape index (κ2) is 8.69. The Morgan fingerprint density at radius 1 is 1.17 bits per heavy atom. The van der Waals surface area contributed by atoms with Gasteiger partial charge in [-0.15, -0.1) is 0 Å². The second-order valence-corrected chi connectivity index (χ2v) is 8.22. The molecule has 1 aromatic carbocycles. The molecule has 8 heteroatoms. The van der Waals surface area contributed by atoms with Gasteiger partial charge in [0.25, 0.3) is 5.91 Å². The number of ether oxygens (including phenoxy) is 1. The molecule has 2 rings (SSSR count). The van der Waals surface area contributed by atoms with Gasteiger partial charge in [-0.3, -0.25) is 4.79 Å². The summed E-state index contributed by atoms with van der Waals surface area (Å²) in [5.41, 5.74) is 0. The van der Waals surface area contributed by atoms with Gasteiger partial charge in [-0.25, -0.2) is 8.42 Å². The normalized spacial score (nSPS) is 16.2. The zero-order chi connectivity index (χ0) is 17.6. The van der Waals surface area contributed by atoms with Crippen molar-refractivity contribution in [2.75, 3.05) is 38.5 Å². The van der Waals surface area contributed by atoms with Crippen LogP contribution in [0.5, 0.6) is 5.75 Å². The fourth-order valence-corrected chi connectivity index (χ4v) is 4.20. The van der Waals surface area contributed by atoms with Gasteiger partial charge in [-0.1, -0.05) is 24.9 Å². The van der Waals surface area contributed by atoms with E-state index in [0.29, 0.717) is 43.4 Å². The number of piperazine rings is 1. The molecule has 1 amide bonds. The van der Waals surface area contributed by atoms with E-state index < -0.39 is 10.0 Å². The summed E-state index contributed by atoms with van der Waals surface area (Å²) in [6, 6.07) is 6.80. The van der Waals surface area contributed by atoms with E-state index in [1.165, 1.54) is 4.31 Å². The summed E-state index contributed by atoms with van der Waals surface area (Å²) in [5, 5.41) is 0.606. The Hall–Kier alpha value is -1.31. The molecule has 1 saturated heterocycles. The number of halogens is 1. The predicted octanol–water partition coefficient (Wildman–Crippen LogP) is 1.99. The van der Waals surface area contributed by atoms with E-state index in [1.807, 2.05) is 6.92 Å². The Kier molecular flexibility index (Phi) is 6.89. The van der Waals surface area contributed by atoms with E-state index in [2.05, 4.69) is 0 Å². The Bertz CT molecular complexity index is 641. The van der Waals surface area contributed by atoms with Crippen LogP contribution in [0.25, 0.3) is 0 Å². The van der Waals surface area contributed by atoms with E-state index in [9.17, 15) is 13.2 Å². The molecule has 0 N–H and O–H groups in total. The van der Waals surface area contributed by atoms with Crippen molar-refractivity contribution in [2.24, 2.45) is 0 Å². The summed E-state index contributed by atoms with van der Waals surface area (Å²) in [4.78, 5) is 13.8. The van der Waals surface area contributed by atoms with Crippen LogP contribution in [-0.2, 0) is 14.8 Å². The van der Waals surface area contributed by atoms with Gasteiger partial charge in [0, 0.05) is 31.2 Å². The van der Waals surface area contributed by atoms with Crippen LogP contribution in [0.3, 0.4) is 0 Å². The van der Waals surface area contributed by atoms with Crippen molar-refractivity contribution >= 4 is 27.5 Å². The van der Waals surface area contributed by atoms with Gasteiger partial charge in [0.2, 0.25) is 10.0 Å². The Balaban J connectivity index is 1.79. The summed E-state index contributed by atoms with van der Waals surface area (Å²) in [6.07, 6.45) is 1.51. The van der Waals surface area contributed by atoms with E-state index in [4.69, 9.17) is 16.3 Å². The maximum Gasteiger partial charge on any atom is 0.260 e. The second-order valence-electron chi connectivity index (χ2n) is 5.69. The molecular formula is C16H23ClN2O4S. The topological polar surface area (TPSA) is 66.9 Å². The van der Waals surface area contributed by atoms with Crippen molar-refractivity contribution in [2.45, 2.75) is 19.8 Å². The van der Waals surface area contributed by atoms with Crippen LogP contribution in [0, 0.1) is 0 Å². The molecule has 0 aliphatic carbocycles. The van der Waals surface area contributed by atoms with Crippen LogP contribution < -0.4 is 4.74 Å². The minimum absolute atomic E-state index is 0.0653. The molecule has 24 heavy (non-hydrogen) atoms. The van der Waals surface area contributed by atoms with Crippen molar-refractivity contribution in [3.63, 3.8) is 0 Å². The number of nitrogens with zero attached hydrogens (tertiary/aromatic N) is 2. The average Bonchev–Trinajstić information content (AvgIpc) is 2.59. The summed E-state index contributed by atoms with van der Waals surface area (Å²) in [5.74, 6) is 0.612. The third-order valence-corrected chi connectivity index (χ3v) is 6.13. The number of carbonyl (C=O) groups excluding carboxylic acids is 1. The van der Waals surface area contributed by atoms with E-state index in [0.717, 1.165) is 6.42 Å². The lowest BCUT2D eigenvalue weighted by atomic mass is 10.3. The summed E-state index contributed by atoms with van der Waals surface area (Å²) in [6.45, 7) is 3.39. The standard InChI is InChI=1S/C16H23ClN2O4S/c1-2-3-12-24(21,22)19-10-8-18(9-11-19)16(20)13-23-15-6-4-14(17)5-7-15/h4-7H,2-3,8-13H2,1H3. The van der Waals surface area contributed by atoms with Gasteiger partial charge in [-0.05, 0) is 30.7 Å². The predicted molar refractivity (Wildman–Crippen MR) is 93.8 cm³/mol. The zero-order valence-corrected chi connectivity index (χ0v) is 15.4. The first-order chi connectivity index (χ1) is 11.4. The number of unbranched alkanes of at least 4 members (excludes halogenated alkanes) is 1. The SMILES string of the molecule is CCCCS(=O)(=O)N1CCN(C(=O)COc2ccc(Cl)cc2)CC1. The highest BCUT2D eigenvalue weighted by atomic mass is 35.5. The molecule has 1 fully saturated rings. The molecule has 1 aliphatic heterocycles. The van der Waals surface area contributed by atoms with E-state index in [1.54, 1.807) is 29.2 Å². The van der Waals surface area contributed by atoms with Crippen molar-refractivity contribution < 1.29 is 17.9 Å². The van der Waals surface area contributed by atoms with Crippen molar-refractivity contribution in [1.29, 1.82) is 0 Å². The number of sulfonamides is 1. The number of amides is 1. The highest BCUT2D eigenvalue weighted by Gasteiger charge is 2.28. The molecule has 0 saturated carbocycles. The molecule has 6 nitrogen and oxygen atoms in total. The molecule has 1 aromatic rings. The largest absolute Gasteiger partial charge is 0.484 e. The fourth-order valence-electron chi connectivity index (χ4n) is 2.44. The first-order valence-corrected chi connectivity index (χ1v) is 10.0. The van der Waals surface area contributed by atoms with Crippen LogP contribution >= 0.6 is 11.6 Å².